The van der Waals surface area contributed by atoms with Crippen LogP contribution in [0.4, 0.5) is 5.82 Å². The number of morpholine rings is 1. The van der Waals surface area contributed by atoms with Crippen molar-refractivity contribution < 1.29 is 9.15 Å². The molecule has 1 aliphatic heterocycles. The molecule has 4 rings (SSSR count). The quantitative estimate of drug-likeness (QED) is 0.865. The number of hydrogen-bond donors (Lipinski definition) is 0. The van der Waals surface area contributed by atoms with Gasteiger partial charge in [0.15, 0.2) is 0 Å². The SMILES string of the molecule is CCc1ccc(C2COCCN2c2nc(C)nc3c2CCCC3)o1. The molecule has 0 spiro atoms. The van der Waals surface area contributed by atoms with E-state index < -0.39 is 0 Å². The van der Waals surface area contributed by atoms with Crippen molar-refractivity contribution in [2.75, 3.05) is 24.7 Å². The van der Waals surface area contributed by atoms with Crippen LogP contribution in [0.2, 0.25) is 0 Å². The number of fused-ring (bicyclic) bond motifs is 1. The van der Waals surface area contributed by atoms with Gasteiger partial charge in [-0.2, -0.15) is 0 Å². The summed E-state index contributed by atoms with van der Waals surface area (Å²) in [6.07, 6.45) is 5.51. The largest absolute Gasteiger partial charge is 0.464 e. The Labute approximate surface area is 143 Å². The van der Waals surface area contributed by atoms with Crippen LogP contribution >= 0.6 is 0 Å². The van der Waals surface area contributed by atoms with Crippen LogP contribution in [0.1, 0.15) is 54.4 Å². The minimum atomic E-state index is 0.0966. The highest BCUT2D eigenvalue weighted by Crippen LogP contribution is 2.35. The molecular formula is C19H25N3O2. The molecule has 5 nitrogen and oxygen atoms in total. The summed E-state index contributed by atoms with van der Waals surface area (Å²) in [6.45, 7) is 6.33. The number of anilines is 1. The van der Waals surface area contributed by atoms with Crippen molar-refractivity contribution in [3.63, 3.8) is 0 Å². The molecule has 128 valence electrons. The van der Waals surface area contributed by atoms with E-state index in [0.29, 0.717) is 6.61 Å². The van der Waals surface area contributed by atoms with Gasteiger partial charge in [-0.3, -0.25) is 0 Å². The topological polar surface area (TPSA) is 51.4 Å². The average molecular weight is 327 g/mol. The second-order valence-corrected chi connectivity index (χ2v) is 6.67. The van der Waals surface area contributed by atoms with Gasteiger partial charge < -0.3 is 14.1 Å². The summed E-state index contributed by atoms with van der Waals surface area (Å²) < 4.78 is 11.8. The first kappa shape index (κ1) is 15.6. The molecule has 0 saturated carbocycles. The lowest BCUT2D eigenvalue weighted by molar-refractivity contribution is 0.0867. The first-order valence-corrected chi connectivity index (χ1v) is 9.05. The zero-order chi connectivity index (χ0) is 16.5. The lowest BCUT2D eigenvalue weighted by Gasteiger charge is -2.37. The molecule has 2 aliphatic rings. The Morgan fingerprint density at radius 3 is 2.92 bits per heavy atom. The van der Waals surface area contributed by atoms with E-state index in [4.69, 9.17) is 19.1 Å². The van der Waals surface area contributed by atoms with Crippen LogP contribution in [0.5, 0.6) is 0 Å². The van der Waals surface area contributed by atoms with Gasteiger partial charge in [0.05, 0.1) is 13.2 Å². The van der Waals surface area contributed by atoms with E-state index in [2.05, 4.69) is 24.0 Å². The van der Waals surface area contributed by atoms with Gasteiger partial charge in [-0.15, -0.1) is 0 Å². The third-order valence-electron chi connectivity index (χ3n) is 5.03. The minimum absolute atomic E-state index is 0.0966. The Hall–Kier alpha value is -1.88. The van der Waals surface area contributed by atoms with E-state index in [1.807, 2.05) is 6.92 Å². The molecule has 1 atom stereocenters. The first-order chi connectivity index (χ1) is 11.8. The number of rotatable bonds is 3. The van der Waals surface area contributed by atoms with E-state index in [1.165, 1.54) is 24.1 Å². The van der Waals surface area contributed by atoms with Gasteiger partial charge in [-0.25, -0.2) is 9.97 Å². The molecule has 3 heterocycles. The predicted molar refractivity (Wildman–Crippen MR) is 92.4 cm³/mol. The Kier molecular flexibility index (Phi) is 4.27. The number of aryl methyl sites for hydroxylation is 3. The van der Waals surface area contributed by atoms with Crippen molar-refractivity contribution >= 4 is 5.82 Å². The van der Waals surface area contributed by atoms with Crippen molar-refractivity contribution in [2.45, 2.75) is 52.0 Å². The Morgan fingerprint density at radius 2 is 2.08 bits per heavy atom. The van der Waals surface area contributed by atoms with E-state index in [0.717, 1.165) is 55.6 Å². The zero-order valence-corrected chi connectivity index (χ0v) is 14.5. The maximum Gasteiger partial charge on any atom is 0.136 e. The molecule has 0 radical (unpaired) electrons. The molecule has 0 aromatic carbocycles. The van der Waals surface area contributed by atoms with Crippen LogP contribution < -0.4 is 4.90 Å². The van der Waals surface area contributed by atoms with Gasteiger partial charge in [0.25, 0.3) is 0 Å². The molecule has 0 N–H and O–H groups in total. The Bertz CT molecular complexity index is 725. The lowest BCUT2D eigenvalue weighted by Crippen LogP contribution is -2.41. The summed E-state index contributed by atoms with van der Waals surface area (Å²) in [5, 5.41) is 0. The number of aromatic nitrogens is 2. The van der Waals surface area contributed by atoms with Gasteiger partial charge in [0.2, 0.25) is 0 Å². The van der Waals surface area contributed by atoms with Crippen LogP contribution in [-0.4, -0.2) is 29.7 Å². The fraction of sp³-hybridized carbons (Fsp3) is 0.579. The fourth-order valence-electron chi connectivity index (χ4n) is 3.79. The molecule has 1 fully saturated rings. The second-order valence-electron chi connectivity index (χ2n) is 6.67. The number of ether oxygens (including phenoxy) is 1. The van der Waals surface area contributed by atoms with Gasteiger partial charge in [0.1, 0.15) is 29.2 Å². The number of furan rings is 1. The molecule has 1 unspecified atom stereocenters. The molecular weight excluding hydrogens is 302 g/mol. The van der Waals surface area contributed by atoms with Crippen LogP contribution in [-0.2, 0) is 24.0 Å². The summed E-state index contributed by atoms with van der Waals surface area (Å²) in [5.41, 5.74) is 2.57. The summed E-state index contributed by atoms with van der Waals surface area (Å²) >= 11 is 0. The summed E-state index contributed by atoms with van der Waals surface area (Å²) in [4.78, 5) is 11.9. The molecule has 1 aliphatic carbocycles. The van der Waals surface area contributed by atoms with Crippen LogP contribution in [0, 0.1) is 6.92 Å². The number of hydrogen-bond acceptors (Lipinski definition) is 5. The van der Waals surface area contributed by atoms with Crippen molar-refractivity contribution in [1.29, 1.82) is 0 Å². The molecule has 0 amide bonds. The average Bonchev–Trinajstić information content (AvgIpc) is 3.10. The smallest absolute Gasteiger partial charge is 0.136 e. The van der Waals surface area contributed by atoms with Gasteiger partial charge in [-0.1, -0.05) is 6.92 Å². The summed E-state index contributed by atoms with van der Waals surface area (Å²) in [7, 11) is 0. The minimum Gasteiger partial charge on any atom is -0.464 e. The van der Waals surface area contributed by atoms with Gasteiger partial charge in [0, 0.05) is 24.2 Å². The normalized spacial score (nSPS) is 20.9. The Balaban J connectivity index is 1.74. The predicted octanol–water partition coefficient (Wildman–Crippen LogP) is 3.40. The third-order valence-corrected chi connectivity index (χ3v) is 5.03. The van der Waals surface area contributed by atoms with Crippen LogP contribution in [0.25, 0.3) is 0 Å². The fourth-order valence-corrected chi connectivity index (χ4v) is 3.79. The lowest BCUT2D eigenvalue weighted by atomic mass is 9.95. The number of nitrogens with zero attached hydrogens (tertiary/aromatic N) is 3. The molecule has 1 saturated heterocycles. The highest BCUT2D eigenvalue weighted by Gasteiger charge is 2.31. The Morgan fingerprint density at radius 1 is 1.21 bits per heavy atom. The standard InChI is InChI=1S/C19H25N3O2/c1-3-14-8-9-18(24-14)17-12-23-11-10-22(17)19-15-6-4-5-7-16(15)20-13(2)21-19/h8-9,17H,3-7,10-12H2,1-2H3. The van der Waals surface area contributed by atoms with E-state index in [-0.39, 0.29) is 6.04 Å². The monoisotopic (exact) mass is 327 g/mol. The van der Waals surface area contributed by atoms with Crippen molar-refractivity contribution in [3.05, 3.63) is 40.7 Å². The van der Waals surface area contributed by atoms with Gasteiger partial charge in [-0.05, 0) is 44.7 Å². The highest BCUT2D eigenvalue weighted by atomic mass is 16.5. The van der Waals surface area contributed by atoms with Gasteiger partial charge >= 0.3 is 0 Å². The molecule has 5 heteroatoms. The van der Waals surface area contributed by atoms with E-state index in [9.17, 15) is 0 Å². The van der Waals surface area contributed by atoms with Crippen molar-refractivity contribution in [2.24, 2.45) is 0 Å². The molecule has 24 heavy (non-hydrogen) atoms. The molecule has 2 aromatic rings. The van der Waals surface area contributed by atoms with Crippen LogP contribution in [0.15, 0.2) is 16.5 Å². The van der Waals surface area contributed by atoms with E-state index in [1.54, 1.807) is 0 Å². The maximum absolute atomic E-state index is 6.03. The van der Waals surface area contributed by atoms with Crippen molar-refractivity contribution in [3.8, 4) is 0 Å². The highest BCUT2D eigenvalue weighted by molar-refractivity contribution is 5.52. The third kappa shape index (κ3) is 2.81. The molecule has 2 aromatic heterocycles. The zero-order valence-electron chi connectivity index (χ0n) is 14.5. The first-order valence-electron chi connectivity index (χ1n) is 9.05. The summed E-state index contributed by atoms with van der Waals surface area (Å²) in [5.74, 6) is 3.97. The van der Waals surface area contributed by atoms with E-state index >= 15 is 0 Å². The van der Waals surface area contributed by atoms with Crippen LogP contribution in [0.3, 0.4) is 0 Å². The van der Waals surface area contributed by atoms with Crippen molar-refractivity contribution in [1.82, 2.24) is 9.97 Å². The summed E-state index contributed by atoms with van der Waals surface area (Å²) in [6, 6.07) is 4.26. The molecule has 0 bridgehead atoms. The maximum atomic E-state index is 6.03. The second kappa shape index (κ2) is 6.55.